The lowest BCUT2D eigenvalue weighted by molar-refractivity contribution is -0.122. The van der Waals surface area contributed by atoms with E-state index in [4.69, 9.17) is 4.42 Å². The van der Waals surface area contributed by atoms with Crippen LogP contribution >= 0.6 is 24.0 Å². The maximum Gasteiger partial charge on any atom is 0.234 e. The van der Waals surface area contributed by atoms with Crippen molar-refractivity contribution in [3.63, 3.8) is 0 Å². The van der Waals surface area contributed by atoms with E-state index in [1.807, 2.05) is 18.2 Å². The zero-order valence-electron chi connectivity index (χ0n) is 17.9. The molecule has 3 N–H and O–H groups in total. The van der Waals surface area contributed by atoms with Crippen LogP contribution < -0.4 is 16.0 Å². The molecule has 0 unspecified atom stereocenters. The number of halogens is 1. The monoisotopic (exact) mass is 527 g/mol. The smallest absolute Gasteiger partial charge is 0.234 e. The van der Waals surface area contributed by atoms with Crippen molar-refractivity contribution in [1.29, 1.82) is 0 Å². The fourth-order valence-corrected chi connectivity index (χ4v) is 3.61. The number of carbonyl (C=O) groups excluding carboxylic acids is 1. The fraction of sp³-hybridized carbons (Fsp3) is 0.545. The Hall–Kier alpha value is -1.81. The van der Waals surface area contributed by atoms with Crippen LogP contribution in [0.2, 0.25) is 0 Å². The van der Waals surface area contributed by atoms with Crippen LogP contribution in [0.25, 0.3) is 11.0 Å². The standard InChI is InChI=1S/C22H33N5O2.HI/c1-3-11-24-21(28)16-27-13-9-18(10-14-27)26-22(23-2)25-12-8-19-15-17-6-4-5-7-20(17)29-19;/h4-7,15,18H,3,8-14,16H2,1-2H3,(H,24,28)(H2,23,25,26);1H. The minimum atomic E-state index is 0. The molecule has 0 aliphatic carbocycles. The zero-order chi connectivity index (χ0) is 20.5. The van der Waals surface area contributed by atoms with Gasteiger partial charge in [0.1, 0.15) is 11.3 Å². The third-order valence-corrected chi connectivity index (χ3v) is 5.23. The van der Waals surface area contributed by atoms with Crippen molar-refractivity contribution < 1.29 is 9.21 Å². The van der Waals surface area contributed by atoms with E-state index in [0.717, 1.165) is 74.6 Å². The Bertz CT molecular complexity index is 782. The summed E-state index contributed by atoms with van der Waals surface area (Å²) in [7, 11) is 1.80. The Kier molecular flexibility index (Phi) is 10.4. The topological polar surface area (TPSA) is 81.9 Å². The number of nitrogens with one attached hydrogen (secondary N) is 3. The van der Waals surface area contributed by atoms with Crippen LogP contribution in [0, 0.1) is 0 Å². The number of guanidine groups is 1. The van der Waals surface area contributed by atoms with Gasteiger partial charge < -0.3 is 20.4 Å². The van der Waals surface area contributed by atoms with E-state index in [2.05, 4.69) is 44.9 Å². The van der Waals surface area contributed by atoms with E-state index >= 15 is 0 Å². The molecule has 2 heterocycles. The largest absolute Gasteiger partial charge is 0.461 e. The number of para-hydroxylation sites is 1. The molecule has 1 fully saturated rings. The molecule has 0 atom stereocenters. The first kappa shape index (κ1) is 24.5. The molecular weight excluding hydrogens is 493 g/mol. The molecule has 1 aliphatic rings. The zero-order valence-corrected chi connectivity index (χ0v) is 20.3. The molecule has 0 bridgehead atoms. The molecule has 8 heteroatoms. The molecule has 30 heavy (non-hydrogen) atoms. The first-order chi connectivity index (χ1) is 14.2. The number of fused-ring (bicyclic) bond motifs is 1. The van der Waals surface area contributed by atoms with Crippen LogP contribution in [-0.4, -0.2) is 62.6 Å². The van der Waals surface area contributed by atoms with Gasteiger partial charge in [0.05, 0.1) is 6.54 Å². The van der Waals surface area contributed by atoms with Gasteiger partial charge in [0.2, 0.25) is 5.91 Å². The highest BCUT2D eigenvalue weighted by Gasteiger charge is 2.21. The van der Waals surface area contributed by atoms with Crippen molar-refractivity contribution in [2.75, 3.05) is 39.8 Å². The van der Waals surface area contributed by atoms with Gasteiger partial charge in [-0.05, 0) is 31.4 Å². The number of nitrogens with zero attached hydrogens (tertiary/aromatic N) is 2. The maximum absolute atomic E-state index is 11.9. The predicted molar refractivity (Wildman–Crippen MR) is 133 cm³/mol. The SMILES string of the molecule is CCCNC(=O)CN1CCC(NC(=NC)NCCc2cc3ccccc3o2)CC1.I. The minimum Gasteiger partial charge on any atom is -0.461 e. The summed E-state index contributed by atoms with van der Waals surface area (Å²) in [5, 5.41) is 11.0. The van der Waals surface area contributed by atoms with Gasteiger partial charge in [0, 0.05) is 51.1 Å². The molecule has 1 amide bonds. The molecule has 3 rings (SSSR count). The van der Waals surface area contributed by atoms with Crippen LogP contribution in [0.3, 0.4) is 0 Å². The Morgan fingerprint density at radius 2 is 1.97 bits per heavy atom. The van der Waals surface area contributed by atoms with Crippen LogP contribution in [0.15, 0.2) is 39.7 Å². The fourth-order valence-electron chi connectivity index (χ4n) is 3.61. The predicted octanol–water partition coefficient (Wildman–Crippen LogP) is 2.75. The number of carbonyl (C=O) groups is 1. The molecule has 166 valence electrons. The van der Waals surface area contributed by atoms with Gasteiger partial charge in [-0.1, -0.05) is 25.1 Å². The Morgan fingerprint density at radius 1 is 1.20 bits per heavy atom. The van der Waals surface area contributed by atoms with Crippen molar-refractivity contribution in [3.05, 3.63) is 36.1 Å². The van der Waals surface area contributed by atoms with Gasteiger partial charge in [0.25, 0.3) is 0 Å². The number of amides is 1. The summed E-state index contributed by atoms with van der Waals surface area (Å²) in [6.07, 6.45) is 3.79. The minimum absolute atomic E-state index is 0. The van der Waals surface area contributed by atoms with Crippen LogP contribution in [0.1, 0.15) is 31.9 Å². The average Bonchev–Trinajstić information content (AvgIpc) is 3.15. The molecular formula is C22H34IN5O2. The van der Waals surface area contributed by atoms with Gasteiger partial charge >= 0.3 is 0 Å². The van der Waals surface area contributed by atoms with E-state index in [1.54, 1.807) is 7.05 Å². The highest BCUT2D eigenvalue weighted by atomic mass is 127. The second kappa shape index (κ2) is 12.8. The number of rotatable bonds is 8. The molecule has 1 saturated heterocycles. The van der Waals surface area contributed by atoms with E-state index in [-0.39, 0.29) is 29.9 Å². The van der Waals surface area contributed by atoms with Gasteiger partial charge in [-0.2, -0.15) is 0 Å². The molecule has 2 aromatic rings. The normalized spacial score (nSPS) is 15.6. The molecule has 0 saturated carbocycles. The quantitative estimate of drug-likeness (QED) is 0.280. The Balaban J connectivity index is 0.00000320. The van der Waals surface area contributed by atoms with Gasteiger partial charge in [-0.15, -0.1) is 24.0 Å². The van der Waals surface area contributed by atoms with Crippen molar-refractivity contribution in [2.45, 2.75) is 38.6 Å². The second-order valence-corrected chi connectivity index (χ2v) is 7.54. The molecule has 0 spiro atoms. The number of hydrogen-bond acceptors (Lipinski definition) is 4. The van der Waals surface area contributed by atoms with Crippen molar-refractivity contribution in [2.24, 2.45) is 4.99 Å². The number of furan rings is 1. The highest BCUT2D eigenvalue weighted by Crippen LogP contribution is 2.18. The van der Waals surface area contributed by atoms with E-state index in [0.29, 0.717) is 12.6 Å². The Morgan fingerprint density at radius 3 is 2.67 bits per heavy atom. The molecule has 0 radical (unpaired) electrons. The van der Waals surface area contributed by atoms with Crippen LogP contribution in [0.5, 0.6) is 0 Å². The summed E-state index contributed by atoms with van der Waals surface area (Å²) in [6, 6.07) is 10.5. The summed E-state index contributed by atoms with van der Waals surface area (Å²) < 4.78 is 5.86. The number of piperidine rings is 1. The third kappa shape index (κ3) is 7.46. The summed E-state index contributed by atoms with van der Waals surface area (Å²) in [4.78, 5) is 18.4. The van der Waals surface area contributed by atoms with Gasteiger partial charge in [-0.25, -0.2) is 0 Å². The number of likely N-dealkylation sites (tertiary alicyclic amines) is 1. The first-order valence-corrected chi connectivity index (χ1v) is 10.6. The van der Waals surface area contributed by atoms with E-state index in [1.165, 1.54) is 0 Å². The number of hydrogen-bond donors (Lipinski definition) is 3. The van der Waals surface area contributed by atoms with Gasteiger partial charge in [-0.3, -0.25) is 14.7 Å². The third-order valence-electron chi connectivity index (χ3n) is 5.23. The van der Waals surface area contributed by atoms with E-state index in [9.17, 15) is 4.79 Å². The molecule has 1 aromatic carbocycles. The van der Waals surface area contributed by atoms with Crippen molar-refractivity contribution in [1.82, 2.24) is 20.9 Å². The van der Waals surface area contributed by atoms with Crippen LogP contribution in [0.4, 0.5) is 0 Å². The number of aliphatic imine (C=N–C) groups is 1. The average molecular weight is 527 g/mol. The highest BCUT2D eigenvalue weighted by molar-refractivity contribution is 14.0. The molecule has 1 aromatic heterocycles. The summed E-state index contributed by atoms with van der Waals surface area (Å²) in [6.45, 7) is 5.93. The summed E-state index contributed by atoms with van der Waals surface area (Å²) >= 11 is 0. The Labute approximate surface area is 196 Å². The number of benzene rings is 1. The first-order valence-electron chi connectivity index (χ1n) is 10.6. The molecule has 1 aliphatic heterocycles. The second-order valence-electron chi connectivity index (χ2n) is 7.54. The maximum atomic E-state index is 11.9. The van der Waals surface area contributed by atoms with E-state index < -0.39 is 0 Å². The van der Waals surface area contributed by atoms with Crippen LogP contribution in [-0.2, 0) is 11.2 Å². The lowest BCUT2D eigenvalue weighted by Gasteiger charge is -2.32. The lowest BCUT2D eigenvalue weighted by atomic mass is 10.1. The summed E-state index contributed by atoms with van der Waals surface area (Å²) in [5.74, 6) is 1.92. The van der Waals surface area contributed by atoms with Crippen molar-refractivity contribution in [3.8, 4) is 0 Å². The van der Waals surface area contributed by atoms with Gasteiger partial charge in [0.15, 0.2) is 5.96 Å². The summed E-state index contributed by atoms with van der Waals surface area (Å²) in [5.41, 5.74) is 0.931. The van der Waals surface area contributed by atoms with Crippen molar-refractivity contribution >= 4 is 46.8 Å². The lowest BCUT2D eigenvalue weighted by Crippen LogP contribution is -2.50. The molecule has 7 nitrogen and oxygen atoms in total.